The van der Waals surface area contributed by atoms with Crippen LogP contribution in [0.4, 0.5) is 0 Å². The topological polar surface area (TPSA) is 78.9 Å². The fourth-order valence-corrected chi connectivity index (χ4v) is 1.93. The second-order valence-corrected chi connectivity index (χ2v) is 4.60. The molecule has 0 saturated carbocycles. The molecule has 1 atom stereocenters. The highest BCUT2D eigenvalue weighted by Crippen LogP contribution is 2.15. The van der Waals surface area contributed by atoms with E-state index in [4.69, 9.17) is 18.9 Å². The van der Waals surface area contributed by atoms with E-state index in [2.05, 4.69) is 10.3 Å². The van der Waals surface area contributed by atoms with Gasteiger partial charge in [-0.15, -0.1) is 0 Å². The monoisotopic (exact) mass is 296 g/mol. The van der Waals surface area contributed by atoms with Gasteiger partial charge in [-0.25, -0.2) is 4.98 Å². The van der Waals surface area contributed by atoms with Crippen molar-refractivity contribution in [1.82, 2.24) is 10.3 Å². The van der Waals surface area contributed by atoms with E-state index in [1.165, 1.54) is 14.2 Å². The van der Waals surface area contributed by atoms with Crippen LogP contribution in [-0.2, 0) is 14.2 Å². The van der Waals surface area contributed by atoms with Crippen molar-refractivity contribution in [2.24, 2.45) is 0 Å². The van der Waals surface area contributed by atoms with Gasteiger partial charge in [0.15, 0.2) is 6.29 Å². The van der Waals surface area contributed by atoms with E-state index >= 15 is 0 Å². The summed E-state index contributed by atoms with van der Waals surface area (Å²) in [5.41, 5.74) is 0.477. The Balaban J connectivity index is 1.91. The fraction of sp³-hybridized carbons (Fsp3) is 0.571. The molecule has 0 radical (unpaired) electrons. The molecular formula is C14H20N2O5. The van der Waals surface area contributed by atoms with Gasteiger partial charge in [-0.1, -0.05) is 0 Å². The largest absolute Gasteiger partial charge is 0.472 e. The maximum absolute atomic E-state index is 12.0. The van der Waals surface area contributed by atoms with Gasteiger partial charge in [0.25, 0.3) is 5.91 Å². The molecule has 1 fully saturated rings. The highest BCUT2D eigenvalue weighted by molar-refractivity contribution is 5.94. The number of carbonyl (C=O) groups is 1. The summed E-state index contributed by atoms with van der Waals surface area (Å²) in [6, 6.07) is 3.24. The minimum atomic E-state index is -0.470. The predicted octanol–water partition coefficient (Wildman–Crippen LogP) is 0.598. The van der Waals surface area contributed by atoms with Crippen LogP contribution in [0.15, 0.2) is 18.3 Å². The second-order valence-electron chi connectivity index (χ2n) is 4.60. The number of hydrogen-bond acceptors (Lipinski definition) is 6. The highest BCUT2D eigenvalue weighted by atomic mass is 16.7. The zero-order chi connectivity index (χ0) is 15.1. The van der Waals surface area contributed by atoms with E-state index in [-0.39, 0.29) is 18.6 Å². The molecule has 7 nitrogen and oxygen atoms in total. The summed E-state index contributed by atoms with van der Waals surface area (Å²) < 4.78 is 20.9. The van der Waals surface area contributed by atoms with Crippen LogP contribution in [-0.4, -0.2) is 57.3 Å². The molecule has 2 heterocycles. The summed E-state index contributed by atoms with van der Waals surface area (Å²) >= 11 is 0. The number of pyridine rings is 1. The maximum Gasteiger partial charge on any atom is 0.251 e. The maximum atomic E-state index is 12.0. The highest BCUT2D eigenvalue weighted by Gasteiger charge is 2.18. The minimum absolute atomic E-state index is 0.00201. The third kappa shape index (κ3) is 4.66. The molecule has 1 saturated heterocycles. The lowest BCUT2D eigenvalue weighted by molar-refractivity contribution is -0.0974. The number of hydrogen-bond donors (Lipinski definition) is 1. The van der Waals surface area contributed by atoms with Crippen LogP contribution in [0.2, 0.25) is 0 Å². The first kappa shape index (κ1) is 15.7. The molecule has 0 unspecified atom stereocenters. The van der Waals surface area contributed by atoms with Gasteiger partial charge in [-0.05, 0) is 6.07 Å². The van der Waals surface area contributed by atoms with Crippen molar-refractivity contribution in [2.45, 2.75) is 18.8 Å². The van der Waals surface area contributed by atoms with Gasteiger partial charge in [0.2, 0.25) is 5.88 Å². The van der Waals surface area contributed by atoms with Gasteiger partial charge < -0.3 is 24.3 Å². The number of nitrogens with one attached hydrogen (secondary N) is 1. The van der Waals surface area contributed by atoms with Crippen LogP contribution in [0, 0.1) is 0 Å². The average molecular weight is 296 g/mol. The number of aromatic nitrogens is 1. The van der Waals surface area contributed by atoms with Crippen molar-refractivity contribution in [3.05, 3.63) is 23.9 Å². The lowest BCUT2D eigenvalue weighted by Gasteiger charge is -2.14. The van der Waals surface area contributed by atoms with Crippen LogP contribution < -0.4 is 10.1 Å². The first-order chi connectivity index (χ1) is 10.2. The number of nitrogens with zero attached hydrogens (tertiary/aromatic N) is 1. The zero-order valence-corrected chi connectivity index (χ0v) is 12.2. The molecule has 116 valence electrons. The summed E-state index contributed by atoms with van der Waals surface area (Å²) in [5, 5.41) is 2.72. The van der Waals surface area contributed by atoms with E-state index in [1.54, 1.807) is 18.3 Å². The zero-order valence-electron chi connectivity index (χ0n) is 12.2. The molecule has 1 aliphatic heterocycles. The second kappa shape index (κ2) is 7.92. The fourth-order valence-electron chi connectivity index (χ4n) is 1.93. The summed E-state index contributed by atoms with van der Waals surface area (Å²) in [7, 11) is 3.03. The Morgan fingerprint density at radius 1 is 1.52 bits per heavy atom. The van der Waals surface area contributed by atoms with E-state index in [0.29, 0.717) is 24.7 Å². The molecule has 0 aromatic carbocycles. The van der Waals surface area contributed by atoms with Gasteiger partial charge >= 0.3 is 0 Å². The van der Waals surface area contributed by atoms with Crippen molar-refractivity contribution in [2.75, 3.05) is 34.0 Å². The molecule has 2 rings (SSSR count). The number of amides is 1. The van der Waals surface area contributed by atoms with Gasteiger partial charge in [-0.2, -0.15) is 0 Å². The Hall–Kier alpha value is -1.70. The number of carbonyl (C=O) groups excluding carboxylic acids is 1. The van der Waals surface area contributed by atoms with Gasteiger partial charge in [0.05, 0.1) is 19.8 Å². The lowest BCUT2D eigenvalue weighted by atomic mass is 10.2. The molecule has 21 heavy (non-hydrogen) atoms. The van der Waals surface area contributed by atoms with E-state index in [0.717, 1.165) is 6.42 Å². The van der Waals surface area contributed by atoms with Crippen LogP contribution >= 0.6 is 0 Å². The van der Waals surface area contributed by atoms with E-state index < -0.39 is 6.29 Å². The van der Waals surface area contributed by atoms with E-state index in [9.17, 15) is 4.79 Å². The molecule has 1 aromatic rings. The van der Waals surface area contributed by atoms with Crippen molar-refractivity contribution < 1.29 is 23.7 Å². The van der Waals surface area contributed by atoms with Crippen molar-refractivity contribution in [1.29, 1.82) is 0 Å². The molecule has 0 bridgehead atoms. The van der Waals surface area contributed by atoms with Crippen molar-refractivity contribution in [3.8, 4) is 5.88 Å². The summed E-state index contributed by atoms with van der Waals surface area (Å²) in [4.78, 5) is 16.1. The average Bonchev–Trinajstić information content (AvgIpc) is 3.01. The Bertz CT molecular complexity index is 458. The first-order valence-corrected chi connectivity index (χ1v) is 6.77. The third-order valence-corrected chi connectivity index (χ3v) is 3.13. The van der Waals surface area contributed by atoms with Crippen molar-refractivity contribution >= 4 is 5.91 Å². The van der Waals surface area contributed by atoms with E-state index in [1.807, 2.05) is 0 Å². The van der Waals surface area contributed by atoms with Gasteiger partial charge in [0.1, 0.15) is 6.10 Å². The third-order valence-electron chi connectivity index (χ3n) is 3.13. The van der Waals surface area contributed by atoms with Gasteiger partial charge in [-0.3, -0.25) is 4.79 Å². The normalized spacial score (nSPS) is 18.0. The smallest absolute Gasteiger partial charge is 0.251 e. The molecule has 1 amide bonds. The Kier molecular flexibility index (Phi) is 5.91. The summed E-state index contributed by atoms with van der Waals surface area (Å²) in [6.07, 6.45) is 1.91. The summed E-state index contributed by atoms with van der Waals surface area (Å²) in [5.74, 6) is 0.192. The molecule has 7 heteroatoms. The molecule has 0 spiro atoms. The SMILES string of the molecule is COC(CNC(=O)c1ccnc(O[C@H]2CCOC2)c1)OC. The number of methoxy groups -OCH3 is 2. The predicted molar refractivity (Wildman–Crippen MR) is 74.2 cm³/mol. The lowest BCUT2D eigenvalue weighted by Crippen LogP contribution is -2.34. The molecule has 0 aliphatic carbocycles. The Morgan fingerprint density at radius 3 is 3.00 bits per heavy atom. The number of ether oxygens (including phenoxy) is 4. The van der Waals surface area contributed by atoms with Gasteiger partial charge in [0, 0.05) is 38.5 Å². The quantitative estimate of drug-likeness (QED) is 0.742. The minimum Gasteiger partial charge on any atom is -0.472 e. The van der Waals surface area contributed by atoms with Crippen LogP contribution in [0.25, 0.3) is 0 Å². The molecular weight excluding hydrogens is 276 g/mol. The Morgan fingerprint density at radius 2 is 2.33 bits per heavy atom. The first-order valence-electron chi connectivity index (χ1n) is 6.77. The van der Waals surface area contributed by atoms with Crippen LogP contribution in [0.3, 0.4) is 0 Å². The Labute approximate surface area is 123 Å². The molecule has 1 aliphatic rings. The van der Waals surface area contributed by atoms with Crippen LogP contribution in [0.5, 0.6) is 5.88 Å². The molecule has 1 N–H and O–H groups in total. The number of rotatable bonds is 7. The molecule has 1 aromatic heterocycles. The standard InChI is InChI=1S/C14H20N2O5/c1-18-13(19-2)8-16-14(17)10-3-5-15-12(7-10)21-11-4-6-20-9-11/h3,5,7,11,13H,4,6,8-9H2,1-2H3,(H,16,17)/t11-/m0/s1. The summed E-state index contributed by atoms with van der Waals surface area (Å²) in [6.45, 7) is 1.52. The van der Waals surface area contributed by atoms with Crippen molar-refractivity contribution in [3.63, 3.8) is 0 Å². The van der Waals surface area contributed by atoms with Crippen LogP contribution in [0.1, 0.15) is 16.8 Å².